The van der Waals surface area contributed by atoms with Gasteiger partial charge in [0, 0.05) is 37.8 Å². The Morgan fingerprint density at radius 3 is 2.83 bits per heavy atom. The maximum absolute atomic E-state index is 6.21. The highest BCUT2D eigenvalue weighted by Crippen LogP contribution is 2.38. The molecule has 0 spiro atoms. The van der Waals surface area contributed by atoms with E-state index in [9.17, 15) is 0 Å². The van der Waals surface area contributed by atoms with Gasteiger partial charge < -0.3 is 5.73 Å². The fourth-order valence-corrected chi connectivity index (χ4v) is 4.66. The van der Waals surface area contributed by atoms with E-state index in [0.717, 1.165) is 18.5 Å². The highest BCUT2D eigenvalue weighted by molar-refractivity contribution is 5.00. The van der Waals surface area contributed by atoms with Gasteiger partial charge in [-0.3, -0.25) is 9.80 Å². The van der Waals surface area contributed by atoms with Crippen LogP contribution in [-0.4, -0.2) is 54.1 Å². The molecule has 18 heavy (non-hydrogen) atoms. The van der Waals surface area contributed by atoms with E-state index in [0.29, 0.717) is 5.54 Å². The largest absolute Gasteiger partial charge is 0.329 e. The van der Waals surface area contributed by atoms with E-state index in [1.165, 1.54) is 64.7 Å². The molecule has 0 aromatic rings. The zero-order chi connectivity index (χ0) is 12.6. The van der Waals surface area contributed by atoms with Crippen molar-refractivity contribution < 1.29 is 0 Å². The van der Waals surface area contributed by atoms with Crippen LogP contribution in [0.1, 0.15) is 45.4 Å². The quantitative estimate of drug-likeness (QED) is 0.810. The predicted octanol–water partition coefficient (Wildman–Crippen LogP) is 1.67. The lowest BCUT2D eigenvalue weighted by atomic mass is 9.74. The minimum absolute atomic E-state index is 0.340. The summed E-state index contributed by atoms with van der Waals surface area (Å²) in [6, 6.07) is 0.833. The molecule has 0 radical (unpaired) electrons. The second kappa shape index (κ2) is 5.10. The molecule has 0 bridgehead atoms. The van der Waals surface area contributed by atoms with Crippen LogP contribution in [0.15, 0.2) is 0 Å². The highest BCUT2D eigenvalue weighted by atomic mass is 15.3. The van der Waals surface area contributed by atoms with Crippen molar-refractivity contribution in [1.82, 2.24) is 9.80 Å². The van der Waals surface area contributed by atoms with Gasteiger partial charge in [0.05, 0.1) is 0 Å². The first kappa shape index (κ1) is 12.9. The van der Waals surface area contributed by atoms with Gasteiger partial charge in [-0.1, -0.05) is 19.8 Å². The van der Waals surface area contributed by atoms with Crippen molar-refractivity contribution in [2.45, 2.75) is 57.0 Å². The van der Waals surface area contributed by atoms with E-state index in [4.69, 9.17) is 5.73 Å². The summed E-state index contributed by atoms with van der Waals surface area (Å²) >= 11 is 0. The molecule has 3 rings (SSSR count). The maximum atomic E-state index is 6.21. The first-order chi connectivity index (χ1) is 8.73. The molecule has 1 saturated carbocycles. The van der Waals surface area contributed by atoms with Crippen molar-refractivity contribution in [2.75, 3.05) is 32.7 Å². The van der Waals surface area contributed by atoms with E-state index >= 15 is 0 Å². The zero-order valence-corrected chi connectivity index (χ0v) is 11.9. The first-order valence-corrected chi connectivity index (χ1v) is 7.93. The average Bonchev–Trinajstić information content (AvgIpc) is 2.85. The molecule has 2 heterocycles. The smallest absolute Gasteiger partial charge is 0.0335 e. The number of hydrogen-bond acceptors (Lipinski definition) is 3. The molecule has 0 aromatic carbocycles. The van der Waals surface area contributed by atoms with Crippen LogP contribution in [-0.2, 0) is 0 Å². The second-order valence-corrected chi connectivity index (χ2v) is 6.91. The molecule has 1 aliphatic carbocycles. The van der Waals surface area contributed by atoms with Crippen molar-refractivity contribution in [3.63, 3.8) is 0 Å². The van der Waals surface area contributed by atoms with Gasteiger partial charge in [0.2, 0.25) is 0 Å². The lowest BCUT2D eigenvalue weighted by molar-refractivity contribution is -0.0126. The molecular weight excluding hydrogens is 222 g/mol. The van der Waals surface area contributed by atoms with Crippen molar-refractivity contribution in [3.8, 4) is 0 Å². The van der Waals surface area contributed by atoms with Crippen LogP contribution >= 0.6 is 0 Å². The minimum Gasteiger partial charge on any atom is -0.329 e. The molecule has 3 atom stereocenters. The number of piperazine rings is 1. The average molecular weight is 251 g/mol. The Balaban J connectivity index is 1.71. The number of hydrogen-bond donors (Lipinski definition) is 1. The van der Waals surface area contributed by atoms with E-state index in [-0.39, 0.29) is 0 Å². The van der Waals surface area contributed by atoms with Crippen LogP contribution in [0.2, 0.25) is 0 Å². The van der Waals surface area contributed by atoms with Crippen LogP contribution in [0.25, 0.3) is 0 Å². The van der Waals surface area contributed by atoms with Crippen molar-refractivity contribution in [3.05, 3.63) is 0 Å². The van der Waals surface area contributed by atoms with Gasteiger partial charge in [-0.05, 0) is 38.1 Å². The fourth-order valence-electron chi connectivity index (χ4n) is 4.66. The van der Waals surface area contributed by atoms with Crippen molar-refractivity contribution >= 4 is 0 Å². The normalized spacial score (nSPS) is 43.0. The van der Waals surface area contributed by atoms with E-state index in [2.05, 4.69) is 16.7 Å². The van der Waals surface area contributed by atoms with Crippen molar-refractivity contribution in [1.29, 1.82) is 0 Å². The second-order valence-electron chi connectivity index (χ2n) is 6.91. The Labute approximate surface area is 112 Å². The molecule has 3 aliphatic rings. The summed E-state index contributed by atoms with van der Waals surface area (Å²) in [7, 11) is 0. The lowest BCUT2D eigenvalue weighted by Crippen LogP contribution is -2.63. The monoisotopic (exact) mass is 251 g/mol. The van der Waals surface area contributed by atoms with Gasteiger partial charge in [-0.15, -0.1) is 0 Å². The summed E-state index contributed by atoms with van der Waals surface area (Å²) in [4.78, 5) is 5.47. The number of rotatable bonds is 2. The van der Waals surface area contributed by atoms with Gasteiger partial charge in [0.15, 0.2) is 0 Å². The maximum Gasteiger partial charge on any atom is 0.0335 e. The summed E-state index contributed by atoms with van der Waals surface area (Å²) in [5, 5.41) is 0. The first-order valence-electron chi connectivity index (χ1n) is 7.93. The summed E-state index contributed by atoms with van der Waals surface area (Å²) < 4.78 is 0. The Morgan fingerprint density at radius 2 is 2.06 bits per heavy atom. The van der Waals surface area contributed by atoms with Crippen LogP contribution in [0, 0.1) is 5.92 Å². The summed E-state index contributed by atoms with van der Waals surface area (Å²) in [5.74, 6) is 0.865. The third kappa shape index (κ3) is 2.21. The van der Waals surface area contributed by atoms with Gasteiger partial charge in [0.25, 0.3) is 0 Å². The van der Waals surface area contributed by atoms with Crippen molar-refractivity contribution in [2.24, 2.45) is 11.7 Å². The molecule has 3 fully saturated rings. The Kier molecular flexibility index (Phi) is 3.65. The fraction of sp³-hybridized carbons (Fsp3) is 1.00. The minimum atomic E-state index is 0.340. The molecule has 3 nitrogen and oxygen atoms in total. The molecule has 2 aliphatic heterocycles. The molecule has 3 heteroatoms. The third-order valence-electron chi connectivity index (χ3n) is 5.71. The van der Waals surface area contributed by atoms with Gasteiger partial charge in [-0.2, -0.15) is 0 Å². The molecule has 3 unspecified atom stereocenters. The Hall–Kier alpha value is -0.120. The number of nitrogens with zero attached hydrogens (tertiary/aromatic N) is 2. The van der Waals surface area contributed by atoms with Crippen LogP contribution in [0.5, 0.6) is 0 Å². The molecule has 0 amide bonds. The molecule has 2 saturated heterocycles. The number of fused-ring (bicyclic) bond motifs is 1. The van der Waals surface area contributed by atoms with Crippen LogP contribution < -0.4 is 5.73 Å². The third-order valence-corrected chi connectivity index (χ3v) is 5.71. The number of nitrogens with two attached hydrogens (primary N) is 1. The summed E-state index contributed by atoms with van der Waals surface area (Å²) in [6.45, 7) is 8.43. The molecular formula is C15H29N3. The van der Waals surface area contributed by atoms with Gasteiger partial charge in [-0.25, -0.2) is 0 Å². The molecule has 0 aromatic heterocycles. The van der Waals surface area contributed by atoms with E-state index in [1.807, 2.05) is 0 Å². The standard InChI is InChI=1S/C15H29N3/c1-13-4-2-6-15(10-13,12-16)18-9-8-17-7-3-5-14(17)11-18/h13-14H,2-12,16H2,1H3. The van der Waals surface area contributed by atoms with Gasteiger partial charge in [0.1, 0.15) is 0 Å². The molecule has 2 N–H and O–H groups in total. The van der Waals surface area contributed by atoms with Gasteiger partial charge >= 0.3 is 0 Å². The van der Waals surface area contributed by atoms with Crippen LogP contribution in [0.3, 0.4) is 0 Å². The highest BCUT2D eigenvalue weighted by Gasteiger charge is 2.43. The molecule has 104 valence electrons. The summed E-state index contributed by atoms with van der Waals surface area (Å²) in [5.41, 5.74) is 6.55. The zero-order valence-electron chi connectivity index (χ0n) is 11.9. The van der Waals surface area contributed by atoms with E-state index in [1.54, 1.807) is 0 Å². The Bertz CT molecular complexity index is 293. The van der Waals surface area contributed by atoms with Crippen LogP contribution in [0.4, 0.5) is 0 Å². The Morgan fingerprint density at radius 1 is 1.17 bits per heavy atom. The summed E-state index contributed by atoms with van der Waals surface area (Å²) in [6.07, 6.45) is 8.27. The lowest BCUT2D eigenvalue weighted by Gasteiger charge is -2.52. The topological polar surface area (TPSA) is 32.5 Å². The predicted molar refractivity (Wildman–Crippen MR) is 75.6 cm³/mol. The SMILES string of the molecule is CC1CCCC(CN)(N2CCN3CCCC3C2)C1. The van der Waals surface area contributed by atoms with E-state index < -0.39 is 0 Å².